The van der Waals surface area contributed by atoms with Gasteiger partial charge in [-0.05, 0) is 50.8 Å². The summed E-state index contributed by atoms with van der Waals surface area (Å²) in [5.41, 5.74) is 1.49. The number of hydrogen-bond donors (Lipinski definition) is 3. The van der Waals surface area contributed by atoms with Gasteiger partial charge < -0.3 is 20.7 Å². The van der Waals surface area contributed by atoms with Gasteiger partial charge in [-0.2, -0.15) is 0 Å². The van der Waals surface area contributed by atoms with Gasteiger partial charge in [0.1, 0.15) is 5.82 Å². The van der Waals surface area contributed by atoms with E-state index >= 15 is 0 Å². The largest absolute Gasteiger partial charge is 0.380 e. The lowest BCUT2D eigenvalue weighted by atomic mass is 9.85. The lowest BCUT2D eigenvalue weighted by Crippen LogP contribution is -2.47. The second kappa shape index (κ2) is 11.0. The van der Waals surface area contributed by atoms with Crippen molar-refractivity contribution in [3.63, 3.8) is 0 Å². The first-order valence-corrected chi connectivity index (χ1v) is 9.96. The number of guanidine groups is 1. The maximum atomic E-state index is 13.7. The molecule has 1 aromatic rings. The van der Waals surface area contributed by atoms with Crippen LogP contribution in [-0.2, 0) is 22.7 Å². The Bertz CT molecular complexity index is 678. The molecule has 1 amide bonds. The lowest BCUT2D eigenvalue weighted by Gasteiger charge is -2.30. The Balaban J connectivity index is 1.88. The maximum Gasteiger partial charge on any atom is 0.223 e. The minimum absolute atomic E-state index is 0.0421. The van der Waals surface area contributed by atoms with E-state index in [1.165, 1.54) is 6.07 Å². The van der Waals surface area contributed by atoms with E-state index < -0.39 is 0 Å². The molecule has 3 N–H and O–H groups in total. The summed E-state index contributed by atoms with van der Waals surface area (Å²) in [5, 5.41) is 9.71. The number of rotatable bonds is 7. The van der Waals surface area contributed by atoms with Gasteiger partial charge in [0.2, 0.25) is 5.91 Å². The Kier molecular flexibility index (Phi) is 8.70. The predicted molar refractivity (Wildman–Crippen MR) is 109 cm³/mol. The van der Waals surface area contributed by atoms with Crippen molar-refractivity contribution >= 4 is 11.9 Å². The van der Waals surface area contributed by atoms with E-state index in [1.54, 1.807) is 26.3 Å². The molecule has 0 spiro atoms. The van der Waals surface area contributed by atoms with Gasteiger partial charge in [0.05, 0.1) is 6.61 Å². The third-order valence-corrected chi connectivity index (χ3v) is 4.91. The highest BCUT2D eigenvalue weighted by molar-refractivity contribution is 5.81. The molecule has 7 heteroatoms. The van der Waals surface area contributed by atoms with Crippen molar-refractivity contribution in [1.29, 1.82) is 0 Å². The number of aliphatic imine (C=N–C) groups is 1. The summed E-state index contributed by atoms with van der Waals surface area (Å²) < 4.78 is 18.8. The highest BCUT2D eigenvalue weighted by Gasteiger charge is 2.27. The first-order chi connectivity index (χ1) is 13.4. The Morgan fingerprint density at radius 3 is 2.82 bits per heavy atom. The van der Waals surface area contributed by atoms with Crippen molar-refractivity contribution < 1.29 is 13.9 Å². The molecule has 1 aromatic carbocycles. The number of ether oxygens (including phenoxy) is 1. The molecular formula is C21H33FN4O2. The van der Waals surface area contributed by atoms with Crippen LogP contribution in [0.3, 0.4) is 0 Å². The molecule has 0 aromatic heterocycles. The van der Waals surface area contributed by atoms with Crippen molar-refractivity contribution in [3.8, 4) is 0 Å². The number of carbonyl (C=O) groups is 1. The van der Waals surface area contributed by atoms with Crippen molar-refractivity contribution in [2.75, 3.05) is 14.2 Å². The summed E-state index contributed by atoms with van der Waals surface area (Å²) in [6.07, 6.45) is 3.76. The van der Waals surface area contributed by atoms with E-state index in [9.17, 15) is 9.18 Å². The number of nitrogens with zero attached hydrogens (tertiary/aromatic N) is 1. The molecule has 6 nitrogen and oxygen atoms in total. The molecule has 28 heavy (non-hydrogen) atoms. The molecule has 2 rings (SSSR count). The fourth-order valence-corrected chi connectivity index (χ4v) is 3.54. The van der Waals surface area contributed by atoms with Crippen LogP contribution >= 0.6 is 0 Å². The van der Waals surface area contributed by atoms with Crippen LogP contribution in [0.1, 0.15) is 50.7 Å². The van der Waals surface area contributed by atoms with E-state index in [0.29, 0.717) is 18.1 Å². The van der Waals surface area contributed by atoms with Crippen molar-refractivity contribution in [3.05, 3.63) is 35.1 Å². The first kappa shape index (κ1) is 22.1. The van der Waals surface area contributed by atoms with Gasteiger partial charge in [-0.15, -0.1) is 0 Å². The Hall–Kier alpha value is -2.15. The van der Waals surface area contributed by atoms with Gasteiger partial charge in [-0.25, -0.2) is 4.39 Å². The van der Waals surface area contributed by atoms with Crippen LogP contribution in [0.5, 0.6) is 0 Å². The topological polar surface area (TPSA) is 74.8 Å². The second-order valence-electron chi connectivity index (χ2n) is 7.65. The summed E-state index contributed by atoms with van der Waals surface area (Å²) in [6.45, 7) is 4.74. The third kappa shape index (κ3) is 6.78. The Labute approximate surface area is 167 Å². The fraction of sp³-hybridized carbons (Fsp3) is 0.619. The van der Waals surface area contributed by atoms with Gasteiger partial charge in [-0.3, -0.25) is 9.79 Å². The number of nitrogens with one attached hydrogen (secondary N) is 3. The molecule has 0 radical (unpaired) electrons. The summed E-state index contributed by atoms with van der Waals surface area (Å²) >= 11 is 0. The lowest BCUT2D eigenvalue weighted by molar-refractivity contribution is -0.126. The molecule has 0 heterocycles. The minimum atomic E-state index is -0.263. The molecule has 1 aliphatic rings. The second-order valence-corrected chi connectivity index (χ2v) is 7.65. The predicted octanol–water partition coefficient (Wildman–Crippen LogP) is 2.72. The van der Waals surface area contributed by atoms with Crippen LogP contribution in [0.4, 0.5) is 4.39 Å². The van der Waals surface area contributed by atoms with E-state index in [1.807, 2.05) is 13.8 Å². The monoisotopic (exact) mass is 392 g/mol. The van der Waals surface area contributed by atoms with Crippen LogP contribution in [0, 0.1) is 11.7 Å². The summed E-state index contributed by atoms with van der Waals surface area (Å²) in [4.78, 5) is 16.6. The van der Waals surface area contributed by atoms with E-state index in [4.69, 9.17) is 4.74 Å². The van der Waals surface area contributed by atoms with Gasteiger partial charge in [0.25, 0.3) is 0 Å². The number of amides is 1. The van der Waals surface area contributed by atoms with Crippen LogP contribution in [0.25, 0.3) is 0 Å². The average molecular weight is 393 g/mol. The van der Waals surface area contributed by atoms with Crippen LogP contribution in [0.2, 0.25) is 0 Å². The summed E-state index contributed by atoms with van der Waals surface area (Å²) in [7, 11) is 3.27. The van der Waals surface area contributed by atoms with Gasteiger partial charge in [-0.1, -0.05) is 12.5 Å². The van der Waals surface area contributed by atoms with Crippen LogP contribution in [-0.4, -0.2) is 38.1 Å². The van der Waals surface area contributed by atoms with Crippen LogP contribution < -0.4 is 16.0 Å². The molecule has 2 atom stereocenters. The van der Waals surface area contributed by atoms with E-state index in [0.717, 1.165) is 31.2 Å². The van der Waals surface area contributed by atoms with Gasteiger partial charge in [0.15, 0.2) is 5.96 Å². The number of carbonyl (C=O) groups excluding carboxylic acids is 1. The molecule has 1 fully saturated rings. The number of hydrogen-bond acceptors (Lipinski definition) is 3. The molecule has 0 aliphatic heterocycles. The maximum absolute atomic E-state index is 13.7. The van der Waals surface area contributed by atoms with E-state index in [-0.39, 0.29) is 36.3 Å². The molecule has 2 unspecified atom stereocenters. The molecule has 0 bridgehead atoms. The molecule has 156 valence electrons. The Morgan fingerprint density at radius 2 is 2.14 bits per heavy atom. The zero-order valence-corrected chi connectivity index (χ0v) is 17.3. The fourth-order valence-electron chi connectivity index (χ4n) is 3.54. The summed E-state index contributed by atoms with van der Waals surface area (Å²) in [5.74, 6) is 0.607. The van der Waals surface area contributed by atoms with E-state index in [2.05, 4.69) is 20.9 Å². The molecular weight excluding hydrogens is 359 g/mol. The molecule has 1 saturated carbocycles. The zero-order chi connectivity index (χ0) is 20.5. The highest BCUT2D eigenvalue weighted by atomic mass is 19.1. The van der Waals surface area contributed by atoms with Gasteiger partial charge >= 0.3 is 0 Å². The first-order valence-electron chi connectivity index (χ1n) is 9.96. The quantitative estimate of drug-likeness (QED) is 0.493. The number of halogens is 1. The third-order valence-electron chi connectivity index (χ3n) is 4.91. The van der Waals surface area contributed by atoms with Gasteiger partial charge in [0, 0.05) is 44.3 Å². The van der Waals surface area contributed by atoms with Crippen molar-refractivity contribution in [2.24, 2.45) is 10.9 Å². The van der Waals surface area contributed by atoms with Crippen molar-refractivity contribution in [1.82, 2.24) is 16.0 Å². The normalized spacial score (nSPS) is 20.1. The number of methoxy groups -OCH3 is 1. The highest BCUT2D eigenvalue weighted by Crippen LogP contribution is 2.24. The smallest absolute Gasteiger partial charge is 0.223 e. The minimum Gasteiger partial charge on any atom is -0.380 e. The molecule has 0 saturated heterocycles. The number of benzene rings is 1. The Morgan fingerprint density at radius 1 is 1.36 bits per heavy atom. The van der Waals surface area contributed by atoms with Crippen LogP contribution in [0.15, 0.2) is 23.2 Å². The standard InChI is InChI=1S/C21H33FN4O2/c1-14(2)25-20(27)16-6-5-7-18(11-16)26-21(23-3)24-12-15-8-9-19(22)17(10-15)13-28-4/h8-10,14,16,18H,5-7,11-13H2,1-4H3,(H,25,27)(H2,23,24,26). The summed E-state index contributed by atoms with van der Waals surface area (Å²) in [6, 6.07) is 5.38. The SMILES string of the molecule is CN=C(NCc1ccc(F)c(COC)c1)NC1CCCC(C(=O)NC(C)C)C1. The van der Waals surface area contributed by atoms with Crippen molar-refractivity contribution in [2.45, 2.75) is 64.8 Å². The average Bonchev–Trinajstić information content (AvgIpc) is 2.67. The zero-order valence-electron chi connectivity index (χ0n) is 17.3. The molecule has 1 aliphatic carbocycles.